The van der Waals surface area contributed by atoms with Crippen LogP contribution < -0.4 is 0 Å². The van der Waals surface area contributed by atoms with Gasteiger partial charge in [-0.15, -0.1) is 0 Å². The van der Waals surface area contributed by atoms with Crippen molar-refractivity contribution in [2.24, 2.45) is 12.5 Å². The van der Waals surface area contributed by atoms with E-state index in [1.807, 2.05) is 29.7 Å². The fraction of sp³-hybridized carbons (Fsp3) is 0.733. The molecule has 0 spiro atoms. The first-order valence-corrected chi connectivity index (χ1v) is 7.19. The quantitative estimate of drug-likeness (QED) is 0.821. The van der Waals surface area contributed by atoms with E-state index in [1.165, 1.54) is 5.56 Å². The van der Waals surface area contributed by atoms with E-state index >= 15 is 0 Å². The van der Waals surface area contributed by atoms with Gasteiger partial charge in [-0.1, -0.05) is 6.92 Å². The predicted octanol–water partition coefficient (Wildman–Crippen LogP) is 1.55. The van der Waals surface area contributed by atoms with Gasteiger partial charge in [0.2, 0.25) is 5.91 Å². The predicted molar refractivity (Wildman–Crippen MR) is 77.4 cm³/mol. The molecule has 1 fully saturated rings. The van der Waals surface area contributed by atoms with Crippen LogP contribution in [-0.2, 0) is 23.0 Å². The van der Waals surface area contributed by atoms with E-state index < -0.39 is 0 Å². The van der Waals surface area contributed by atoms with Crippen LogP contribution in [0.3, 0.4) is 0 Å². The van der Waals surface area contributed by atoms with Crippen LogP contribution in [0.15, 0.2) is 6.20 Å². The topological polar surface area (TPSA) is 47.4 Å². The van der Waals surface area contributed by atoms with Gasteiger partial charge in [0, 0.05) is 44.8 Å². The molecular formula is C15H25N3O2. The summed E-state index contributed by atoms with van der Waals surface area (Å²) in [6, 6.07) is 0. The molecular weight excluding hydrogens is 254 g/mol. The van der Waals surface area contributed by atoms with Crippen LogP contribution in [0.5, 0.6) is 0 Å². The SMILES string of the molecule is COCC1(C)CCN(C(=O)CCc2cnn(C)c2C)C1. The van der Waals surface area contributed by atoms with Gasteiger partial charge in [0.15, 0.2) is 0 Å². The molecule has 1 aromatic rings. The second kappa shape index (κ2) is 5.95. The standard InChI is InChI=1S/C15H25N3O2/c1-12-13(9-16-17(12)3)5-6-14(19)18-8-7-15(2,10-18)11-20-4/h9H,5-8,10-11H2,1-4H3. The fourth-order valence-electron chi connectivity index (χ4n) is 2.89. The molecule has 1 aliphatic heterocycles. The van der Waals surface area contributed by atoms with Crippen LogP contribution in [0, 0.1) is 12.3 Å². The Morgan fingerprint density at radius 1 is 1.55 bits per heavy atom. The molecule has 1 aliphatic rings. The lowest BCUT2D eigenvalue weighted by molar-refractivity contribution is -0.130. The van der Waals surface area contributed by atoms with Crippen molar-refractivity contribution in [1.29, 1.82) is 0 Å². The highest BCUT2D eigenvalue weighted by Crippen LogP contribution is 2.30. The number of aromatic nitrogens is 2. The van der Waals surface area contributed by atoms with Crippen LogP contribution in [0.4, 0.5) is 0 Å². The molecule has 2 rings (SSSR count). The molecule has 5 nitrogen and oxygen atoms in total. The van der Waals surface area contributed by atoms with E-state index in [9.17, 15) is 4.79 Å². The monoisotopic (exact) mass is 279 g/mol. The van der Waals surface area contributed by atoms with Crippen molar-refractivity contribution >= 4 is 5.91 Å². The highest BCUT2D eigenvalue weighted by atomic mass is 16.5. The number of aryl methyl sites for hydroxylation is 2. The minimum atomic E-state index is 0.120. The van der Waals surface area contributed by atoms with Crippen molar-refractivity contribution in [3.8, 4) is 0 Å². The second-order valence-corrected chi connectivity index (χ2v) is 6.19. The smallest absolute Gasteiger partial charge is 0.222 e. The third kappa shape index (κ3) is 3.20. The van der Waals surface area contributed by atoms with Crippen molar-refractivity contribution < 1.29 is 9.53 Å². The number of rotatable bonds is 5. The summed E-state index contributed by atoms with van der Waals surface area (Å²) in [6.07, 6.45) is 4.23. The van der Waals surface area contributed by atoms with Crippen LogP contribution in [0.2, 0.25) is 0 Å². The number of likely N-dealkylation sites (tertiary alicyclic amines) is 1. The van der Waals surface area contributed by atoms with Gasteiger partial charge in [-0.05, 0) is 25.3 Å². The number of methoxy groups -OCH3 is 1. The van der Waals surface area contributed by atoms with E-state index in [-0.39, 0.29) is 11.3 Å². The third-order valence-electron chi connectivity index (χ3n) is 4.35. The van der Waals surface area contributed by atoms with Gasteiger partial charge >= 0.3 is 0 Å². The van der Waals surface area contributed by atoms with Crippen LogP contribution >= 0.6 is 0 Å². The number of hydrogen-bond donors (Lipinski definition) is 0. The molecule has 0 N–H and O–H groups in total. The van der Waals surface area contributed by atoms with Gasteiger partial charge in [-0.3, -0.25) is 9.48 Å². The van der Waals surface area contributed by atoms with E-state index in [0.717, 1.165) is 38.2 Å². The summed E-state index contributed by atoms with van der Waals surface area (Å²) in [5.41, 5.74) is 2.43. The number of carbonyl (C=O) groups is 1. The first kappa shape index (κ1) is 15.0. The summed E-state index contributed by atoms with van der Waals surface area (Å²) in [7, 11) is 3.65. The largest absolute Gasteiger partial charge is 0.384 e. The summed E-state index contributed by atoms with van der Waals surface area (Å²) >= 11 is 0. The zero-order valence-corrected chi connectivity index (χ0v) is 13.0. The van der Waals surface area contributed by atoms with Crippen LogP contribution in [0.1, 0.15) is 31.0 Å². The number of amides is 1. The fourth-order valence-corrected chi connectivity index (χ4v) is 2.89. The van der Waals surface area contributed by atoms with Crippen molar-refractivity contribution in [2.45, 2.75) is 33.1 Å². The maximum Gasteiger partial charge on any atom is 0.222 e. The Labute approximate surface area is 120 Å². The van der Waals surface area contributed by atoms with Gasteiger partial charge in [-0.2, -0.15) is 5.10 Å². The molecule has 0 radical (unpaired) electrons. The summed E-state index contributed by atoms with van der Waals surface area (Å²) in [5, 5.41) is 4.21. The molecule has 20 heavy (non-hydrogen) atoms. The Morgan fingerprint density at radius 3 is 2.90 bits per heavy atom. The van der Waals surface area contributed by atoms with Crippen LogP contribution in [-0.4, -0.2) is 47.4 Å². The van der Waals surface area contributed by atoms with Crippen molar-refractivity contribution in [1.82, 2.24) is 14.7 Å². The summed E-state index contributed by atoms with van der Waals surface area (Å²) in [4.78, 5) is 14.3. The molecule has 112 valence electrons. The first-order chi connectivity index (χ1) is 9.45. The Morgan fingerprint density at radius 2 is 2.30 bits per heavy atom. The van der Waals surface area contributed by atoms with E-state index in [2.05, 4.69) is 12.0 Å². The average Bonchev–Trinajstić information content (AvgIpc) is 2.93. The molecule has 2 heterocycles. The molecule has 1 aromatic heterocycles. The van der Waals surface area contributed by atoms with Crippen molar-refractivity contribution in [3.63, 3.8) is 0 Å². The van der Waals surface area contributed by atoms with E-state index in [0.29, 0.717) is 6.42 Å². The number of carbonyl (C=O) groups excluding carboxylic acids is 1. The summed E-state index contributed by atoms with van der Waals surface area (Å²) in [6.45, 7) is 6.61. The molecule has 5 heteroatoms. The maximum atomic E-state index is 12.3. The lowest BCUT2D eigenvalue weighted by atomic mass is 9.91. The highest BCUT2D eigenvalue weighted by molar-refractivity contribution is 5.76. The molecule has 1 atom stereocenters. The third-order valence-corrected chi connectivity index (χ3v) is 4.35. The number of hydrogen-bond acceptors (Lipinski definition) is 3. The maximum absolute atomic E-state index is 12.3. The second-order valence-electron chi connectivity index (χ2n) is 6.19. The summed E-state index contributed by atoms with van der Waals surface area (Å²) < 4.78 is 7.11. The zero-order chi connectivity index (χ0) is 14.8. The molecule has 1 saturated heterocycles. The first-order valence-electron chi connectivity index (χ1n) is 7.19. The van der Waals surface area contributed by atoms with Crippen molar-refractivity contribution in [3.05, 3.63) is 17.5 Å². The minimum absolute atomic E-state index is 0.120. The lowest BCUT2D eigenvalue weighted by Crippen LogP contribution is -2.33. The Balaban J connectivity index is 1.86. The zero-order valence-electron chi connectivity index (χ0n) is 13.0. The average molecular weight is 279 g/mol. The number of ether oxygens (including phenoxy) is 1. The summed E-state index contributed by atoms with van der Waals surface area (Å²) in [5.74, 6) is 0.244. The minimum Gasteiger partial charge on any atom is -0.384 e. The molecule has 1 unspecified atom stereocenters. The van der Waals surface area contributed by atoms with Gasteiger partial charge in [0.25, 0.3) is 0 Å². The molecule has 0 saturated carbocycles. The lowest BCUT2D eigenvalue weighted by Gasteiger charge is -2.23. The normalized spacial score (nSPS) is 22.5. The molecule has 0 aliphatic carbocycles. The molecule has 1 amide bonds. The van der Waals surface area contributed by atoms with Gasteiger partial charge in [0.1, 0.15) is 0 Å². The molecule has 0 aromatic carbocycles. The van der Waals surface area contributed by atoms with E-state index in [1.54, 1.807) is 7.11 Å². The Kier molecular flexibility index (Phi) is 4.48. The van der Waals surface area contributed by atoms with E-state index in [4.69, 9.17) is 4.74 Å². The van der Waals surface area contributed by atoms with Crippen molar-refractivity contribution in [2.75, 3.05) is 26.8 Å². The van der Waals surface area contributed by atoms with Gasteiger partial charge in [0.05, 0.1) is 12.8 Å². The van der Waals surface area contributed by atoms with Gasteiger partial charge in [-0.25, -0.2) is 0 Å². The van der Waals surface area contributed by atoms with Crippen LogP contribution in [0.25, 0.3) is 0 Å². The number of nitrogens with zero attached hydrogens (tertiary/aromatic N) is 3. The highest BCUT2D eigenvalue weighted by Gasteiger charge is 2.35. The Hall–Kier alpha value is -1.36. The van der Waals surface area contributed by atoms with Gasteiger partial charge < -0.3 is 9.64 Å². The molecule has 0 bridgehead atoms. The Bertz CT molecular complexity index is 483.